The van der Waals surface area contributed by atoms with Crippen LogP contribution in [0.3, 0.4) is 0 Å². The van der Waals surface area contributed by atoms with Gasteiger partial charge in [-0.1, -0.05) is 17.7 Å². The van der Waals surface area contributed by atoms with Gasteiger partial charge in [0.05, 0.1) is 11.3 Å². The van der Waals surface area contributed by atoms with Gasteiger partial charge in [-0.2, -0.15) is 5.26 Å². The second kappa shape index (κ2) is 8.19. The van der Waals surface area contributed by atoms with E-state index < -0.39 is 17.8 Å². The minimum Gasteiger partial charge on any atom is -0.308 e. The largest absolute Gasteiger partial charge is 0.335 e. The van der Waals surface area contributed by atoms with E-state index in [-0.39, 0.29) is 5.57 Å². The minimum absolute atomic E-state index is 0.130. The first kappa shape index (κ1) is 22.2. The van der Waals surface area contributed by atoms with Gasteiger partial charge in [0, 0.05) is 16.3 Å². The number of nitriles is 1. The molecular weight excluding hydrogens is 436 g/mol. The van der Waals surface area contributed by atoms with Gasteiger partial charge in [-0.05, 0) is 70.0 Å². The van der Waals surface area contributed by atoms with E-state index in [1.165, 1.54) is 17.4 Å². The lowest BCUT2D eigenvalue weighted by Crippen LogP contribution is -2.54. The van der Waals surface area contributed by atoms with Crippen molar-refractivity contribution in [2.24, 2.45) is 0 Å². The lowest BCUT2D eigenvalue weighted by atomic mass is 10.1. The smallest absolute Gasteiger partial charge is 0.308 e. The fraction of sp³-hybridized carbons (Fsp3) is 0.200. The molecule has 8 heteroatoms. The number of imide groups is 2. The third-order valence-corrected chi connectivity index (χ3v) is 7.04. The summed E-state index contributed by atoms with van der Waals surface area (Å²) in [5.41, 5.74) is 5.12. The van der Waals surface area contributed by atoms with Gasteiger partial charge in [0.15, 0.2) is 0 Å². The van der Waals surface area contributed by atoms with Crippen molar-refractivity contribution < 1.29 is 14.4 Å². The van der Waals surface area contributed by atoms with Crippen LogP contribution in [0.25, 0.3) is 11.1 Å². The molecule has 1 aliphatic heterocycles. The Hall–Kier alpha value is -3.96. The quantitative estimate of drug-likeness (QED) is 0.458. The number of rotatable bonds is 3. The van der Waals surface area contributed by atoms with Crippen molar-refractivity contribution in [3.63, 3.8) is 0 Å². The number of hydrogen-bond donors (Lipinski definition) is 1. The molecule has 0 radical (unpaired) electrons. The van der Waals surface area contributed by atoms with Crippen molar-refractivity contribution in [1.29, 1.82) is 5.26 Å². The topological polar surface area (TPSA) is 95.2 Å². The number of urea groups is 1. The summed E-state index contributed by atoms with van der Waals surface area (Å²) in [6.07, 6.45) is 1.50. The SMILES string of the molecule is Cc1ccc(N2C(=O)NC(=O)/C(=C\c3cc(C)n(-c4sc(C)c(C)c4C#N)c3C)C2=O)cc1. The number of aromatic nitrogens is 1. The number of barbiturate groups is 1. The number of thiophene rings is 1. The standard InChI is InChI=1S/C25H22N4O3S/c1-13-6-8-19(9-7-13)29-23(31)20(22(30)27-25(29)32)11-18-10-14(2)28(16(18)4)24-21(12-26)15(3)17(5)33-24/h6-11H,1-5H3,(H,27,30,32)/b20-11+. The maximum atomic E-state index is 13.2. The molecule has 4 amide bonds. The van der Waals surface area contributed by atoms with Gasteiger partial charge in [0.1, 0.15) is 16.6 Å². The van der Waals surface area contributed by atoms with Crippen LogP contribution in [-0.2, 0) is 9.59 Å². The van der Waals surface area contributed by atoms with Crippen molar-refractivity contribution in [3.8, 4) is 11.1 Å². The molecule has 3 heterocycles. The summed E-state index contributed by atoms with van der Waals surface area (Å²) in [5.74, 6) is -1.42. The molecule has 0 aliphatic carbocycles. The third-order valence-electron chi connectivity index (χ3n) is 5.85. The number of aryl methyl sites for hydroxylation is 3. The molecule has 2 aromatic heterocycles. The van der Waals surface area contributed by atoms with Crippen LogP contribution in [0.5, 0.6) is 0 Å². The molecule has 7 nitrogen and oxygen atoms in total. The molecule has 3 aromatic rings. The second-order valence-corrected chi connectivity index (χ2v) is 9.23. The molecule has 1 N–H and O–H groups in total. The monoisotopic (exact) mass is 458 g/mol. The van der Waals surface area contributed by atoms with Gasteiger partial charge < -0.3 is 4.57 Å². The highest BCUT2D eigenvalue weighted by Crippen LogP contribution is 2.34. The van der Waals surface area contributed by atoms with E-state index in [1.807, 2.05) is 45.3 Å². The Bertz CT molecular complexity index is 1400. The first-order valence-electron chi connectivity index (χ1n) is 10.3. The molecule has 166 valence electrons. The summed E-state index contributed by atoms with van der Waals surface area (Å²) >= 11 is 1.53. The summed E-state index contributed by atoms with van der Waals surface area (Å²) in [5, 5.41) is 12.7. The van der Waals surface area contributed by atoms with Gasteiger partial charge in [-0.3, -0.25) is 14.9 Å². The zero-order valence-electron chi connectivity index (χ0n) is 18.9. The van der Waals surface area contributed by atoms with Gasteiger partial charge in [0.2, 0.25) is 0 Å². The van der Waals surface area contributed by atoms with E-state index in [0.717, 1.165) is 37.3 Å². The zero-order chi connectivity index (χ0) is 24.0. The Morgan fingerprint density at radius 3 is 2.33 bits per heavy atom. The lowest BCUT2D eigenvalue weighted by Gasteiger charge is -2.26. The number of carbonyl (C=O) groups is 3. The number of benzene rings is 1. The molecule has 0 bridgehead atoms. The highest BCUT2D eigenvalue weighted by molar-refractivity contribution is 7.14. The van der Waals surface area contributed by atoms with Crippen molar-refractivity contribution in [2.75, 3.05) is 4.90 Å². The van der Waals surface area contributed by atoms with Crippen LogP contribution in [-0.4, -0.2) is 22.4 Å². The maximum Gasteiger partial charge on any atom is 0.335 e. The number of amides is 4. The first-order chi connectivity index (χ1) is 15.6. The highest BCUT2D eigenvalue weighted by atomic mass is 32.1. The Morgan fingerprint density at radius 2 is 1.70 bits per heavy atom. The van der Waals surface area contributed by atoms with E-state index in [0.29, 0.717) is 16.8 Å². The van der Waals surface area contributed by atoms with Crippen LogP contribution >= 0.6 is 11.3 Å². The number of hydrogen-bond acceptors (Lipinski definition) is 5. The molecule has 4 rings (SSSR count). The molecule has 0 unspecified atom stereocenters. The average Bonchev–Trinajstić information content (AvgIpc) is 3.20. The Morgan fingerprint density at radius 1 is 1.03 bits per heavy atom. The average molecular weight is 459 g/mol. The Kier molecular flexibility index (Phi) is 5.52. The van der Waals surface area contributed by atoms with Gasteiger partial charge in [0.25, 0.3) is 11.8 Å². The van der Waals surface area contributed by atoms with Crippen LogP contribution in [0, 0.1) is 45.9 Å². The van der Waals surface area contributed by atoms with Gasteiger partial charge in [-0.25, -0.2) is 9.69 Å². The molecule has 1 fully saturated rings. The lowest BCUT2D eigenvalue weighted by molar-refractivity contribution is -0.122. The Labute approximate surface area is 195 Å². The maximum absolute atomic E-state index is 13.2. The minimum atomic E-state index is -0.778. The summed E-state index contributed by atoms with van der Waals surface area (Å²) in [6.45, 7) is 9.58. The predicted octanol–water partition coefficient (Wildman–Crippen LogP) is 4.62. The first-order valence-corrected chi connectivity index (χ1v) is 11.1. The summed E-state index contributed by atoms with van der Waals surface area (Å²) in [4.78, 5) is 40.2. The van der Waals surface area contributed by atoms with Crippen molar-refractivity contribution in [3.05, 3.63) is 74.4 Å². The fourth-order valence-corrected chi connectivity index (χ4v) is 5.10. The van der Waals surface area contributed by atoms with Crippen molar-refractivity contribution in [1.82, 2.24) is 9.88 Å². The van der Waals surface area contributed by atoms with Crippen LogP contribution in [0.4, 0.5) is 10.5 Å². The molecule has 0 saturated carbocycles. The Balaban J connectivity index is 1.80. The van der Waals surface area contributed by atoms with Crippen LogP contribution in [0.15, 0.2) is 35.9 Å². The van der Waals surface area contributed by atoms with Gasteiger partial charge >= 0.3 is 6.03 Å². The number of nitrogens with zero attached hydrogens (tertiary/aromatic N) is 3. The highest BCUT2D eigenvalue weighted by Gasteiger charge is 2.37. The second-order valence-electron chi connectivity index (χ2n) is 8.03. The molecule has 33 heavy (non-hydrogen) atoms. The number of anilines is 1. The van der Waals surface area contributed by atoms with E-state index in [4.69, 9.17) is 0 Å². The number of carbonyl (C=O) groups excluding carboxylic acids is 3. The summed E-state index contributed by atoms with van der Waals surface area (Å²) in [7, 11) is 0. The number of nitrogens with one attached hydrogen (secondary N) is 1. The molecule has 1 aliphatic rings. The van der Waals surface area contributed by atoms with Crippen LogP contribution in [0.1, 0.15) is 38.5 Å². The van der Waals surface area contributed by atoms with E-state index in [1.54, 1.807) is 24.3 Å². The zero-order valence-corrected chi connectivity index (χ0v) is 19.8. The van der Waals surface area contributed by atoms with E-state index >= 15 is 0 Å². The van der Waals surface area contributed by atoms with E-state index in [2.05, 4.69) is 11.4 Å². The summed E-state index contributed by atoms with van der Waals surface area (Å²) < 4.78 is 1.96. The molecule has 1 aromatic carbocycles. The molecule has 0 spiro atoms. The summed E-state index contributed by atoms with van der Waals surface area (Å²) in [6, 6.07) is 10.3. The predicted molar refractivity (Wildman–Crippen MR) is 127 cm³/mol. The normalized spacial score (nSPS) is 15.2. The molecule has 1 saturated heterocycles. The van der Waals surface area contributed by atoms with Crippen LogP contribution < -0.4 is 10.2 Å². The molecular formula is C25H22N4O3S. The third kappa shape index (κ3) is 3.66. The van der Waals surface area contributed by atoms with Crippen molar-refractivity contribution >= 4 is 40.9 Å². The fourth-order valence-electron chi connectivity index (χ4n) is 3.89. The van der Waals surface area contributed by atoms with Crippen LogP contribution in [0.2, 0.25) is 0 Å². The van der Waals surface area contributed by atoms with Crippen molar-refractivity contribution in [2.45, 2.75) is 34.6 Å². The molecule has 0 atom stereocenters. The van der Waals surface area contributed by atoms with Gasteiger partial charge in [-0.15, -0.1) is 11.3 Å². The van der Waals surface area contributed by atoms with E-state index in [9.17, 15) is 19.6 Å².